The van der Waals surface area contributed by atoms with E-state index in [1.54, 1.807) is 0 Å². The summed E-state index contributed by atoms with van der Waals surface area (Å²) in [6, 6.07) is 4.41. The van der Waals surface area contributed by atoms with E-state index in [0.717, 1.165) is 12.2 Å². The predicted octanol–water partition coefficient (Wildman–Crippen LogP) is 1.74. The molecule has 1 aliphatic rings. The Morgan fingerprint density at radius 1 is 1.50 bits per heavy atom. The first-order chi connectivity index (χ1) is 7.68. The molecule has 0 spiro atoms. The van der Waals surface area contributed by atoms with Gasteiger partial charge in [0.15, 0.2) is 0 Å². The predicted molar refractivity (Wildman–Crippen MR) is 65.9 cm³/mol. The summed E-state index contributed by atoms with van der Waals surface area (Å²) in [6.07, 6.45) is 5.63. The molecule has 86 valence electrons. The fraction of sp³-hybridized carbons (Fsp3) is 0.500. The van der Waals surface area contributed by atoms with Crippen molar-refractivity contribution in [3.63, 3.8) is 0 Å². The lowest BCUT2D eigenvalue weighted by Gasteiger charge is -2.35. The summed E-state index contributed by atoms with van der Waals surface area (Å²) < 4.78 is 0. The van der Waals surface area contributed by atoms with Gasteiger partial charge in [-0.1, -0.05) is 0 Å². The van der Waals surface area contributed by atoms with Gasteiger partial charge in [-0.2, -0.15) is 0 Å². The average Bonchev–Trinajstić information content (AvgIpc) is 2.30. The Labute approximate surface area is 96.0 Å². The highest BCUT2D eigenvalue weighted by Gasteiger charge is 2.18. The SMILES string of the molecule is CC1CCCCN1c1ccc(C(=N)N)nc1. The van der Waals surface area contributed by atoms with Crippen molar-refractivity contribution in [2.45, 2.75) is 32.2 Å². The number of nitrogens with one attached hydrogen (secondary N) is 1. The van der Waals surface area contributed by atoms with Crippen molar-refractivity contribution < 1.29 is 0 Å². The van der Waals surface area contributed by atoms with Gasteiger partial charge in [-0.15, -0.1) is 0 Å². The third-order valence-electron chi connectivity index (χ3n) is 3.16. The summed E-state index contributed by atoms with van der Waals surface area (Å²) in [6.45, 7) is 3.35. The number of rotatable bonds is 2. The average molecular weight is 218 g/mol. The van der Waals surface area contributed by atoms with E-state index in [9.17, 15) is 0 Å². The molecule has 0 radical (unpaired) electrons. The normalized spacial score (nSPS) is 20.8. The number of nitrogens with two attached hydrogens (primary N) is 1. The van der Waals surface area contributed by atoms with Crippen LogP contribution in [0.4, 0.5) is 5.69 Å². The molecular formula is C12H18N4. The Morgan fingerprint density at radius 2 is 2.31 bits per heavy atom. The molecule has 4 nitrogen and oxygen atoms in total. The molecular weight excluding hydrogens is 200 g/mol. The fourth-order valence-electron chi connectivity index (χ4n) is 2.20. The lowest BCUT2D eigenvalue weighted by atomic mass is 10.0. The van der Waals surface area contributed by atoms with Crippen LogP contribution < -0.4 is 10.6 Å². The summed E-state index contributed by atoms with van der Waals surface area (Å²) in [5, 5.41) is 7.29. The van der Waals surface area contributed by atoms with E-state index in [1.807, 2.05) is 18.3 Å². The zero-order valence-corrected chi connectivity index (χ0v) is 9.61. The molecule has 4 heteroatoms. The van der Waals surface area contributed by atoms with E-state index in [1.165, 1.54) is 19.3 Å². The van der Waals surface area contributed by atoms with Crippen LogP contribution in [0.3, 0.4) is 0 Å². The molecule has 16 heavy (non-hydrogen) atoms. The van der Waals surface area contributed by atoms with Gasteiger partial charge in [0.05, 0.1) is 11.9 Å². The molecule has 1 aliphatic heterocycles. The molecule has 1 aromatic rings. The van der Waals surface area contributed by atoms with Crippen LogP contribution in [-0.2, 0) is 0 Å². The summed E-state index contributed by atoms with van der Waals surface area (Å²) >= 11 is 0. The highest BCUT2D eigenvalue weighted by atomic mass is 15.2. The second-order valence-corrected chi connectivity index (χ2v) is 4.35. The Kier molecular flexibility index (Phi) is 3.08. The monoisotopic (exact) mass is 218 g/mol. The van der Waals surface area contributed by atoms with Crippen molar-refractivity contribution in [2.24, 2.45) is 5.73 Å². The molecule has 1 saturated heterocycles. The van der Waals surface area contributed by atoms with E-state index in [0.29, 0.717) is 11.7 Å². The van der Waals surface area contributed by atoms with Gasteiger partial charge in [-0.3, -0.25) is 10.4 Å². The first-order valence-electron chi connectivity index (χ1n) is 5.75. The summed E-state index contributed by atoms with van der Waals surface area (Å²) in [5.74, 6) is 0.0262. The number of anilines is 1. The number of nitrogens with zero attached hydrogens (tertiary/aromatic N) is 2. The van der Waals surface area contributed by atoms with Crippen LogP contribution >= 0.6 is 0 Å². The lowest BCUT2D eigenvalue weighted by Crippen LogP contribution is -2.37. The zero-order chi connectivity index (χ0) is 11.5. The molecule has 2 rings (SSSR count). The van der Waals surface area contributed by atoms with Gasteiger partial charge in [0.2, 0.25) is 0 Å². The van der Waals surface area contributed by atoms with E-state index in [4.69, 9.17) is 11.1 Å². The minimum atomic E-state index is 0.0262. The maximum absolute atomic E-state index is 7.29. The van der Waals surface area contributed by atoms with Gasteiger partial charge in [-0.25, -0.2) is 0 Å². The van der Waals surface area contributed by atoms with Crippen LogP contribution in [0.1, 0.15) is 31.9 Å². The van der Waals surface area contributed by atoms with Crippen LogP contribution in [0, 0.1) is 5.41 Å². The summed E-state index contributed by atoms with van der Waals surface area (Å²) in [7, 11) is 0. The zero-order valence-electron chi connectivity index (χ0n) is 9.61. The number of pyridine rings is 1. The van der Waals surface area contributed by atoms with Gasteiger partial charge in [0, 0.05) is 12.6 Å². The Morgan fingerprint density at radius 3 is 2.88 bits per heavy atom. The number of aromatic nitrogens is 1. The van der Waals surface area contributed by atoms with E-state index in [-0.39, 0.29) is 5.84 Å². The van der Waals surface area contributed by atoms with Crippen LogP contribution in [0.25, 0.3) is 0 Å². The van der Waals surface area contributed by atoms with Gasteiger partial charge >= 0.3 is 0 Å². The maximum atomic E-state index is 7.29. The van der Waals surface area contributed by atoms with Crippen molar-refractivity contribution in [3.05, 3.63) is 24.0 Å². The van der Waals surface area contributed by atoms with Crippen molar-refractivity contribution in [1.82, 2.24) is 4.98 Å². The standard InChI is InChI=1S/C12H18N4/c1-9-4-2-3-7-16(9)10-5-6-11(12(13)14)15-8-10/h5-6,8-9H,2-4,7H2,1H3,(H3,13,14). The first kappa shape index (κ1) is 10.9. The van der Waals surface area contributed by atoms with Crippen LogP contribution in [0.2, 0.25) is 0 Å². The van der Waals surface area contributed by atoms with Gasteiger partial charge in [0.1, 0.15) is 11.5 Å². The van der Waals surface area contributed by atoms with Crippen molar-refractivity contribution in [3.8, 4) is 0 Å². The lowest BCUT2D eigenvalue weighted by molar-refractivity contribution is 0.484. The third-order valence-corrected chi connectivity index (χ3v) is 3.16. The van der Waals surface area contributed by atoms with Crippen LogP contribution in [0.5, 0.6) is 0 Å². The molecule has 0 amide bonds. The highest BCUT2D eigenvalue weighted by Crippen LogP contribution is 2.23. The number of amidine groups is 1. The Hall–Kier alpha value is -1.58. The van der Waals surface area contributed by atoms with E-state index in [2.05, 4.69) is 16.8 Å². The molecule has 1 fully saturated rings. The minimum Gasteiger partial charge on any atom is -0.382 e. The molecule has 3 N–H and O–H groups in total. The number of hydrogen-bond donors (Lipinski definition) is 2. The third kappa shape index (κ3) is 2.15. The molecule has 2 heterocycles. The van der Waals surface area contributed by atoms with Gasteiger partial charge < -0.3 is 10.6 Å². The second kappa shape index (κ2) is 4.51. The van der Waals surface area contributed by atoms with Crippen molar-refractivity contribution in [2.75, 3.05) is 11.4 Å². The molecule has 0 bridgehead atoms. The van der Waals surface area contributed by atoms with Crippen LogP contribution in [-0.4, -0.2) is 23.4 Å². The molecule has 0 aliphatic carbocycles. The highest BCUT2D eigenvalue weighted by molar-refractivity contribution is 5.93. The van der Waals surface area contributed by atoms with Gasteiger partial charge in [-0.05, 0) is 38.3 Å². The molecule has 0 saturated carbocycles. The quantitative estimate of drug-likeness (QED) is 0.587. The topological polar surface area (TPSA) is 66.0 Å². The number of piperidine rings is 1. The number of nitrogen functional groups attached to an aromatic ring is 1. The molecule has 1 aromatic heterocycles. The van der Waals surface area contributed by atoms with E-state index >= 15 is 0 Å². The molecule has 0 aromatic carbocycles. The van der Waals surface area contributed by atoms with Gasteiger partial charge in [0.25, 0.3) is 0 Å². The molecule has 1 atom stereocenters. The first-order valence-corrected chi connectivity index (χ1v) is 5.75. The summed E-state index contributed by atoms with van der Waals surface area (Å²) in [4.78, 5) is 6.57. The van der Waals surface area contributed by atoms with E-state index < -0.39 is 0 Å². The Balaban J connectivity index is 2.17. The molecule has 1 unspecified atom stereocenters. The second-order valence-electron chi connectivity index (χ2n) is 4.35. The summed E-state index contributed by atoms with van der Waals surface area (Å²) in [5.41, 5.74) is 7.06. The van der Waals surface area contributed by atoms with Crippen LogP contribution in [0.15, 0.2) is 18.3 Å². The minimum absolute atomic E-state index is 0.0262. The van der Waals surface area contributed by atoms with Crippen molar-refractivity contribution >= 4 is 11.5 Å². The fourth-order valence-corrected chi connectivity index (χ4v) is 2.20. The maximum Gasteiger partial charge on any atom is 0.141 e. The smallest absolute Gasteiger partial charge is 0.141 e. The number of hydrogen-bond acceptors (Lipinski definition) is 3. The largest absolute Gasteiger partial charge is 0.382 e. The Bertz CT molecular complexity index is 371. The van der Waals surface area contributed by atoms with Crippen molar-refractivity contribution in [1.29, 1.82) is 5.41 Å².